The highest BCUT2D eigenvalue weighted by molar-refractivity contribution is 6.37. The molecule has 7 nitrogen and oxygen atoms in total. The van der Waals surface area contributed by atoms with E-state index in [4.69, 9.17) is 23.2 Å². The van der Waals surface area contributed by atoms with Crippen molar-refractivity contribution < 1.29 is 14.3 Å². The normalized spacial score (nSPS) is 10.9. The Morgan fingerprint density at radius 1 is 1.13 bits per heavy atom. The molecule has 2 aromatic heterocycles. The maximum atomic E-state index is 13.9. The number of nitrogens with one attached hydrogen (secondary N) is 1. The quantitative estimate of drug-likeness (QED) is 0.445. The lowest BCUT2D eigenvalue weighted by molar-refractivity contribution is 0.102. The number of carbonyl (C=O) groups excluding carboxylic acids is 1. The third kappa shape index (κ3) is 4.08. The molecule has 0 unspecified atom stereocenters. The highest BCUT2D eigenvalue weighted by Gasteiger charge is 2.16. The molecule has 2 N–H and O–H groups in total. The molecule has 2 heterocycles. The standard InChI is InChI=1S/C21H13Cl2FN4O3/c22-13-7-12(8-14(23)18(13)29)20(30)27-16-5-1-4-15-17(16)21(31)28(10-26-15)9-11-3-2-6-25-19(11)24/h1-8,10,29H,9H2,(H,27,30). The van der Waals surface area contributed by atoms with Crippen LogP contribution in [0.4, 0.5) is 10.1 Å². The Labute approximate surface area is 184 Å². The van der Waals surface area contributed by atoms with Crippen molar-refractivity contribution in [2.24, 2.45) is 0 Å². The second kappa shape index (κ2) is 8.33. The van der Waals surface area contributed by atoms with Crippen LogP contribution in [0.3, 0.4) is 0 Å². The molecule has 0 fully saturated rings. The van der Waals surface area contributed by atoms with Crippen molar-refractivity contribution >= 4 is 45.7 Å². The molecule has 0 aliphatic heterocycles. The number of amides is 1. The van der Waals surface area contributed by atoms with E-state index in [0.29, 0.717) is 5.52 Å². The maximum Gasteiger partial charge on any atom is 0.263 e. The Morgan fingerprint density at radius 3 is 2.58 bits per heavy atom. The molecule has 4 rings (SSSR count). The Bertz CT molecular complexity index is 1370. The molecular formula is C21H13Cl2FN4O3. The molecule has 156 valence electrons. The monoisotopic (exact) mass is 458 g/mol. The minimum atomic E-state index is -0.683. The van der Waals surface area contributed by atoms with Crippen LogP contribution >= 0.6 is 23.2 Å². The van der Waals surface area contributed by atoms with Crippen LogP contribution in [-0.2, 0) is 6.54 Å². The molecule has 10 heteroatoms. The highest BCUT2D eigenvalue weighted by Crippen LogP contribution is 2.33. The number of rotatable bonds is 4. The zero-order valence-electron chi connectivity index (χ0n) is 15.6. The van der Waals surface area contributed by atoms with Crippen molar-refractivity contribution in [3.8, 4) is 5.75 Å². The largest absolute Gasteiger partial charge is 0.505 e. The van der Waals surface area contributed by atoms with E-state index in [2.05, 4.69) is 15.3 Å². The van der Waals surface area contributed by atoms with Gasteiger partial charge in [-0.25, -0.2) is 9.97 Å². The zero-order chi connectivity index (χ0) is 22.1. The number of phenolic OH excluding ortho intramolecular Hbond substituents is 1. The van der Waals surface area contributed by atoms with Crippen molar-refractivity contribution in [2.75, 3.05) is 5.32 Å². The molecule has 2 aromatic carbocycles. The number of carbonyl (C=O) groups is 1. The molecule has 1 amide bonds. The van der Waals surface area contributed by atoms with Gasteiger partial charge in [0.1, 0.15) is 0 Å². The first-order chi connectivity index (χ1) is 14.8. The minimum Gasteiger partial charge on any atom is -0.505 e. The number of aromatic nitrogens is 3. The first kappa shape index (κ1) is 20.8. The third-order valence-corrected chi connectivity index (χ3v) is 5.13. The first-order valence-corrected chi connectivity index (χ1v) is 9.67. The van der Waals surface area contributed by atoms with Crippen LogP contribution in [-0.4, -0.2) is 25.5 Å². The van der Waals surface area contributed by atoms with E-state index >= 15 is 0 Å². The maximum absolute atomic E-state index is 13.9. The summed E-state index contributed by atoms with van der Waals surface area (Å²) in [4.78, 5) is 33.6. The first-order valence-electron chi connectivity index (χ1n) is 8.92. The molecule has 0 radical (unpaired) electrons. The van der Waals surface area contributed by atoms with Gasteiger partial charge in [0.15, 0.2) is 5.75 Å². The van der Waals surface area contributed by atoms with E-state index in [0.717, 1.165) is 0 Å². The molecule has 4 aromatic rings. The van der Waals surface area contributed by atoms with Gasteiger partial charge in [-0.1, -0.05) is 35.3 Å². The van der Waals surface area contributed by atoms with Crippen molar-refractivity contribution in [3.05, 3.63) is 92.5 Å². The molecule has 0 saturated carbocycles. The lowest BCUT2D eigenvalue weighted by atomic mass is 10.1. The Balaban J connectivity index is 1.74. The van der Waals surface area contributed by atoms with Crippen molar-refractivity contribution in [1.82, 2.24) is 14.5 Å². The van der Waals surface area contributed by atoms with Gasteiger partial charge in [-0.05, 0) is 30.3 Å². The number of anilines is 1. The van der Waals surface area contributed by atoms with Gasteiger partial charge in [-0.15, -0.1) is 0 Å². The van der Waals surface area contributed by atoms with Gasteiger partial charge in [0.05, 0.1) is 39.5 Å². The Hall–Kier alpha value is -3.49. The fourth-order valence-corrected chi connectivity index (χ4v) is 3.52. The fourth-order valence-electron chi connectivity index (χ4n) is 3.03. The molecular weight excluding hydrogens is 446 g/mol. The van der Waals surface area contributed by atoms with Gasteiger partial charge in [0, 0.05) is 17.3 Å². The van der Waals surface area contributed by atoms with E-state index in [-0.39, 0.29) is 44.5 Å². The lowest BCUT2D eigenvalue weighted by Gasteiger charge is -2.12. The number of phenols is 1. The van der Waals surface area contributed by atoms with E-state index in [1.807, 2.05) is 0 Å². The van der Waals surface area contributed by atoms with Crippen LogP contribution in [0.5, 0.6) is 5.75 Å². The summed E-state index contributed by atoms with van der Waals surface area (Å²) < 4.78 is 15.1. The van der Waals surface area contributed by atoms with Gasteiger partial charge < -0.3 is 10.4 Å². The second-order valence-electron chi connectivity index (χ2n) is 6.57. The van der Waals surface area contributed by atoms with Gasteiger partial charge in [-0.2, -0.15) is 4.39 Å². The topological polar surface area (TPSA) is 97.1 Å². The van der Waals surface area contributed by atoms with Gasteiger partial charge >= 0.3 is 0 Å². The Morgan fingerprint density at radius 2 is 1.87 bits per heavy atom. The van der Waals surface area contributed by atoms with E-state index in [1.165, 1.54) is 35.3 Å². The predicted octanol–water partition coefficient (Wildman–Crippen LogP) is 4.24. The van der Waals surface area contributed by atoms with Crippen LogP contribution in [0, 0.1) is 5.95 Å². The summed E-state index contributed by atoms with van der Waals surface area (Å²) in [6, 6.07) is 10.4. The number of aromatic hydroxyl groups is 1. The van der Waals surface area contributed by atoms with E-state index < -0.39 is 17.4 Å². The minimum absolute atomic E-state index is 0.0765. The number of hydrogen-bond donors (Lipinski definition) is 2. The molecule has 0 aliphatic rings. The predicted molar refractivity (Wildman–Crippen MR) is 115 cm³/mol. The lowest BCUT2D eigenvalue weighted by Crippen LogP contribution is -2.23. The second-order valence-corrected chi connectivity index (χ2v) is 7.39. The number of nitrogens with zero attached hydrogens (tertiary/aromatic N) is 3. The van der Waals surface area contributed by atoms with Crippen molar-refractivity contribution in [3.63, 3.8) is 0 Å². The third-order valence-electron chi connectivity index (χ3n) is 4.56. The number of benzene rings is 2. The summed E-state index contributed by atoms with van der Waals surface area (Å²) in [5.41, 5.74) is 0.409. The summed E-state index contributed by atoms with van der Waals surface area (Å²) in [6.45, 7) is -0.0765. The number of fused-ring (bicyclic) bond motifs is 1. The molecule has 0 atom stereocenters. The van der Waals surface area contributed by atoms with Crippen LogP contribution in [0.1, 0.15) is 15.9 Å². The molecule has 0 bridgehead atoms. The zero-order valence-corrected chi connectivity index (χ0v) is 17.2. The van der Waals surface area contributed by atoms with Crippen molar-refractivity contribution in [2.45, 2.75) is 6.54 Å². The molecule has 0 saturated heterocycles. The highest BCUT2D eigenvalue weighted by atomic mass is 35.5. The van der Waals surface area contributed by atoms with E-state index in [1.54, 1.807) is 24.3 Å². The molecule has 31 heavy (non-hydrogen) atoms. The van der Waals surface area contributed by atoms with Crippen LogP contribution in [0.2, 0.25) is 10.0 Å². The average Bonchev–Trinajstić information content (AvgIpc) is 2.75. The summed E-state index contributed by atoms with van der Waals surface area (Å²) in [7, 11) is 0. The summed E-state index contributed by atoms with van der Waals surface area (Å²) >= 11 is 11.8. The van der Waals surface area contributed by atoms with Gasteiger partial charge in [0.2, 0.25) is 5.95 Å². The summed E-state index contributed by atoms with van der Waals surface area (Å²) in [5, 5.41) is 12.3. The smallest absolute Gasteiger partial charge is 0.263 e. The van der Waals surface area contributed by atoms with Crippen molar-refractivity contribution in [1.29, 1.82) is 0 Å². The number of halogens is 3. The summed E-state index contributed by atoms with van der Waals surface area (Å²) in [6.07, 6.45) is 2.62. The van der Waals surface area contributed by atoms with Crippen LogP contribution < -0.4 is 10.9 Å². The van der Waals surface area contributed by atoms with Crippen LogP contribution in [0.15, 0.2) is 59.8 Å². The number of pyridine rings is 1. The number of hydrogen-bond acceptors (Lipinski definition) is 5. The van der Waals surface area contributed by atoms with Gasteiger partial charge in [-0.3, -0.25) is 14.2 Å². The molecule has 0 aliphatic carbocycles. The SMILES string of the molecule is O=C(Nc1cccc2ncn(Cc3cccnc3F)c(=O)c12)c1cc(Cl)c(O)c(Cl)c1. The average molecular weight is 459 g/mol. The van der Waals surface area contributed by atoms with Gasteiger partial charge in [0.25, 0.3) is 11.5 Å². The van der Waals surface area contributed by atoms with E-state index in [9.17, 15) is 19.1 Å². The fraction of sp³-hybridized carbons (Fsp3) is 0.0476. The van der Waals surface area contributed by atoms with Crippen LogP contribution in [0.25, 0.3) is 10.9 Å². The summed E-state index contributed by atoms with van der Waals surface area (Å²) in [5.74, 6) is -1.61. The molecule has 0 spiro atoms. The Kier molecular flexibility index (Phi) is 5.58.